The van der Waals surface area contributed by atoms with E-state index in [0.29, 0.717) is 0 Å². The first kappa shape index (κ1) is 14.7. The van der Waals surface area contributed by atoms with Gasteiger partial charge in [-0.1, -0.05) is 0 Å². The van der Waals surface area contributed by atoms with Crippen LogP contribution in [0.3, 0.4) is 0 Å². The molecule has 0 aromatic heterocycles. The number of anilines is 1. The average Bonchev–Trinajstić information content (AvgIpc) is 2.13. The molecule has 10 heteroatoms. The highest BCUT2D eigenvalue weighted by molar-refractivity contribution is 8.14. The molecule has 1 aromatic carbocycles. The zero-order valence-corrected chi connectivity index (χ0v) is 11.4. The van der Waals surface area contributed by atoms with E-state index in [1.54, 1.807) is 4.72 Å². The molecule has 18 heavy (non-hydrogen) atoms. The highest BCUT2D eigenvalue weighted by Crippen LogP contribution is 2.15. The molecule has 0 radical (unpaired) electrons. The van der Waals surface area contributed by atoms with E-state index in [1.807, 2.05) is 4.72 Å². The summed E-state index contributed by atoms with van der Waals surface area (Å²) in [6.45, 7) is 1.06. The third kappa shape index (κ3) is 4.51. The summed E-state index contributed by atoms with van der Waals surface area (Å²) < 4.78 is 48.2. The summed E-state index contributed by atoms with van der Waals surface area (Å²) in [7, 11) is -2.92. The second kappa shape index (κ2) is 5.12. The number of halogens is 1. The number of amides is 1. The van der Waals surface area contributed by atoms with Crippen molar-refractivity contribution >= 4 is 41.5 Å². The van der Waals surface area contributed by atoms with Crippen molar-refractivity contribution < 1.29 is 21.6 Å². The minimum Gasteiger partial charge on any atom is -0.274 e. The molecule has 0 heterocycles. The molecule has 0 atom stereocenters. The normalized spacial score (nSPS) is 11.9. The van der Waals surface area contributed by atoms with Gasteiger partial charge in [-0.2, -0.15) is 8.42 Å². The van der Waals surface area contributed by atoms with Gasteiger partial charge in [0.2, 0.25) is 5.91 Å². The summed E-state index contributed by atoms with van der Waals surface area (Å²) in [6, 6.07) is 4.68. The van der Waals surface area contributed by atoms with Gasteiger partial charge in [0.25, 0.3) is 10.0 Å². The molecule has 0 aliphatic rings. The molecule has 1 aromatic rings. The van der Waals surface area contributed by atoms with Gasteiger partial charge in [-0.15, -0.1) is 0 Å². The molecule has 1 rings (SSSR count). The maximum Gasteiger partial charge on any atom is 0.319 e. The van der Waals surface area contributed by atoms with Gasteiger partial charge < -0.3 is 0 Å². The third-order valence-corrected chi connectivity index (χ3v) is 3.84. The standard InChI is InChI=1S/C8H9ClN2O5S2/c1-6(12)10-17(13,14)8-4-2-7(3-5-8)11-18(9,15)16/h2-5,11H,1H3,(H,10,12). The van der Waals surface area contributed by atoms with E-state index in [4.69, 9.17) is 10.7 Å². The number of hydrogen-bond donors (Lipinski definition) is 2. The molecule has 0 unspecified atom stereocenters. The van der Waals surface area contributed by atoms with Crippen LogP contribution < -0.4 is 9.44 Å². The van der Waals surface area contributed by atoms with Crippen LogP contribution in [-0.4, -0.2) is 22.7 Å². The fraction of sp³-hybridized carbons (Fsp3) is 0.125. The highest BCUT2D eigenvalue weighted by atomic mass is 35.7. The lowest BCUT2D eigenvalue weighted by Gasteiger charge is -2.06. The van der Waals surface area contributed by atoms with Gasteiger partial charge in [0.05, 0.1) is 4.90 Å². The topological polar surface area (TPSA) is 109 Å². The number of rotatable bonds is 4. The van der Waals surface area contributed by atoms with Gasteiger partial charge in [-0.05, 0) is 24.3 Å². The molecular weight excluding hydrogens is 304 g/mol. The minimum atomic E-state index is -3.94. The first-order chi connectivity index (χ1) is 8.10. The largest absolute Gasteiger partial charge is 0.319 e. The Labute approximate surface area is 109 Å². The number of carbonyl (C=O) groups is 1. The zero-order valence-electron chi connectivity index (χ0n) is 9.05. The second-order valence-electron chi connectivity index (χ2n) is 3.23. The molecule has 0 bridgehead atoms. The average molecular weight is 313 g/mol. The summed E-state index contributed by atoms with van der Waals surface area (Å²) in [5.41, 5.74) is 0.103. The van der Waals surface area contributed by atoms with E-state index < -0.39 is 25.2 Å². The van der Waals surface area contributed by atoms with E-state index in [-0.39, 0.29) is 10.6 Å². The lowest BCUT2D eigenvalue weighted by molar-refractivity contribution is -0.117. The molecule has 0 fully saturated rings. The van der Waals surface area contributed by atoms with E-state index in [2.05, 4.69) is 0 Å². The van der Waals surface area contributed by atoms with Crippen molar-refractivity contribution in [1.82, 2.24) is 4.72 Å². The highest BCUT2D eigenvalue weighted by Gasteiger charge is 2.15. The maximum absolute atomic E-state index is 11.5. The van der Waals surface area contributed by atoms with Gasteiger partial charge in [0, 0.05) is 23.3 Å². The number of sulfonamides is 1. The Morgan fingerprint density at radius 2 is 1.61 bits per heavy atom. The number of benzene rings is 1. The number of nitrogens with one attached hydrogen (secondary N) is 2. The van der Waals surface area contributed by atoms with Crippen LogP contribution in [0.4, 0.5) is 5.69 Å². The lowest BCUT2D eigenvalue weighted by Crippen LogP contribution is -2.28. The predicted molar refractivity (Wildman–Crippen MR) is 65.8 cm³/mol. The van der Waals surface area contributed by atoms with Crippen LogP contribution in [0.5, 0.6) is 0 Å². The van der Waals surface area contributed by atoms with Crippen LogP contribution in [0.15, 0.2) is 29.2 Å². The summed E-state index contributed by atoms with van der Waals surface area (Å²) in [6.07, 6.45) is 0. The summed E-state index contributed by atoms with van der Waals surface area (Å²) in [4.78, 5) is 10.5. The smallest absolute Gasteiger partial charge is 0.274 e. The van der Waals surface area contributed by atoms with Crippen LogP contribution in [0.2, 0.25) is 0 Å². The molecule has 7 nitrogen and oxygen atoms in total. The van der Waals surface area contributed by atoms with Crippen molar-refractivity contribution in [3.63, 3.8) is 0 Å². The fourth-order valence-electron chi connectivity index (χ4n) is 1.09. The van der Waals surface area contributed by atoms with Crippen LogP contribution in [0, 0.1) is 0 Å². The Kier molecular flexibility index (Phi) is 4.20. The first-order valence-corrected chi connectivity index (χ1v) is 8.25. The molecule has 100 valence electrons. The second-order valence-corrected chi connectivity index (χ2v) is 7.21. The van der Waals surface area contributed by atoms with E-state index in [1.165, 1.54) is 12.1 Å². The van der Waals surface area contributed by atoms with Crippen molar-refractivity contribution in [2.24, 2.45) is 0 Å². The van der Waals surface area contributed by atoms with E-state index in [9.17, 15) is 21.6 Å². The quantitative estimate of drug-likeness (QED) is 0.782. The Morgan fingerprint density at radius 1 is 1.11 bits per heavy atom. The zero-order chi connectivity index (χ0) is 14.0. The molecule has 2 N–H and O–H groups in total. The van der Waals surface area contributed by atoms with Crippen molar-refractivity contribution in [2.75, 3.05) is 4.72 Å². The van der Waals surface area contributed by atoms with Crippen LogP contribution in [-0.2, 0) is 24.1 Å². The van der Waals surface area contributed by atoms with Crippen molar-refractivity contribution in [3.05, 3.63) is 24.3 Å². The summed E-state index contributed by atoms with van der Waals surface area (Å²) >= 11 is 0. The summed E-state index contributed by atoms with van der Waals surface area (Å²) in [5, 5.41) is 0. The molecule has 0 spiro atoms. The van der Waals surface area contributed by atoms with Gasteiger partial charge in [-0.3, -0.25) is 9.52 Å². The first-order valence-electron chi connectivity index (χ1n) is 4.46. The van der Waals surface area contributed by atoms with Crippen LogP contribution in [0.25, 0.3) is 0 Å². The Balaban J connectivity index is 3.00. The third-order valence-electron chi connectivity index (χ3n) is 1.68. The van der Waals surface area contributed by atoms with Crippen molar-refractivity contribution in [3.8, 4) is 0 Å². The minimum absolute atomic E-state index is 0.103. The fourth-order valence-corrected chi connectivity index (χ4v) is 2.77. The molecule has 0 aliphatic heterocycles. The molecule has 1 amide bonds. The van der Waals surface area contributed by atoms with Crippen LogP contribution >= 0.6 is 10.7 Å². The van der Waals surface area contributed by atoms with Crippen LogP contribution in [0.1, 0.15) is 6.92 Å². The van der Waals surface area contributed by atoms with Gasteiger partial charge in [0.1, 0.15) is 0 Å². The Bertz CT molecular complexity index is 651. The van der Waals surface area contributed by atoms with Gasteiger partial charge in [-0.25, -0.2) is 13.1 Å². The monoisotopic (exact) mass is 312 g/mol. The van der Waals surface area contributed by atoms with Gasteiger partial charge in [0.15, 0.2) is 0 Å². The molecule has 0 saturated heterocycles. The van der Waals surface area contributed by atoms with Crippen molar-refractivity contribution in [1.29, 1.82) is 0 Å². The Hall–Kier alpha value is -1.32. The van der Waals surface area contributed by atoms with Crippen molar-refractivity contribution in [2.45, 2.75) is 11.8 Å². The Morgan fingerprint density at radius 3 is 2.00 bits per heavy atom. The number of carbonyl (C=O) groups excluding carboxylic acids is 1. The SMILES string of the molecule is CC(=O)NS(=O)(=O)c1ccc(NS(=O)(=O)Cl)cc1. The lowest BCUT2D eigenvalue weighted by atomic mass is 10.3. The van der Waals surface area contributed by atoms with Gasteiger partial charge >= 0.3 is 9.24 Å². The number of hydrogen-bond acceptors (Lipinski definition) is 5. The van der Waals surface area contributed by atoms with E-state index in [0.717, 1.165) is 19.1 Å². The molecular formula is C8H9ClN2O5S2. The summed E-state index contributed by atoms with van der Waals surface area (Å²) in [5.74, 6) is -0.722. The predicted octanol–water partition coefficient (Wildman–Crippen LogP) is 0.407. The maximum atomic E-state index is 11.5. The molecule has 0 saturated carbocycles. The van der Waals surface area contributed by atoms with E-state index >= 15 is 0 Å². The molecule has 0 aliphatic carbocycles.